The summed E-state index contributed by atoms with van der Waals surface area (Å²) in [6.07, 6.45) is 0.540. The number of carbonyl (C=O) groups is 1. The van der Waals surface area contributed by atoms with E-state index in [-0.39, 0.29) is 5.91 Å². The van der Waals surface area contributed by atoms with Gasteiger partial charge in [0.15, 0.2) is 5.82 Å². The molecule has 94 valence electrons. The molecule has 1 aromatic heterocycles. The summed E-state index contributed by atoms with van der Waals surface area (Å²) in [5.41, 5.74) is 0.560. The van der Waals surface area contributed by atoms with E-state index in [0.717, 1.165) is 0 Å². The first-order valence-corrected chi connectivity index (χ1v) is 5.97. The predicted molar refractivity (Wildman–Crippen MR) is 68.8 cm³/mol. The van der Waals surface area contributed by atoms with Crippen molar-refractivity contribution >= 4 is 18.5 Å². The fraction of sp³-hybridized carbons (Fsp3) is 0.250. The van der Waals surface area contributed by atoms with Gasteiger partial charge in [0, 0.05) is 24.8 Å². The lowest BCUT2D eigenvalue weighted by atomic mass is 10.2. The van der Waals surface area contributed by atoms with Crippen LogP contribution in [0.15, 0.2) is 33.7 Å². The topological polar surface area (TPSA) is 68.0 Å². The molecule has 0 bridgehead atoms. The molecule has 0 radical (unpaired) electrons. The molecule has 1 amide bonds. The van der Waals surface area contributed by atoms with E-state index in [1.165, 1.54) is 0 Å². The monoisotopic (exact) mass is 263 g/mol. The van der Waals surface area contributed by atoms with Crippen molar-refractivity contribution in [3.05, 3.63) is 41.5 Å². The highest BCUT2D eigenvalue weighted by atomic mass is 32.1. The number of nitrogens with one attached hydrogen (secondary N) is 1. The summed E-state index contributed by atoms with van der Waals surface area (Å²) in [6.45, 7) is 2.19. The molecule has 0 unspecified atom stereocenters. The van der Waals surface area contributed by atoms with Crippen molar-refractivity contribution in [2.45, 2.75) is 18.2 Å². The van der Waals surface area contributed by atoms with E-state index >= 15 is 0 Å². The van der Waals surface area contributed by atoms with Crippen molar-refractivity contribution < 1.29 is 9.32 Å². The molecule has 0 aliphatic carbocycles. The van der Waals surface area contributed by atoms with Crippen LogP contribution in [0.4, 0.5) is 0 Å². The number of amides is 1. The number of benzene rings is 1. The number of carbonyl (C=O) groups excluding carboxylic acids is 1. The number of hydrogen-bond donors (Lipinski definition) is 2. The Morgan fingerprint density at radius 2 is 2.22 bits per heavy atom. The molecule has 5 nitrogen and oxygen atoms in total. The summed E-state index contributed by atoms with van der Waals surface area (Å²) in [6, 6.07) is 7.15. The molecule has 0 fully saturated rings. The normalized spacial score (nSPS) is 10.3. The average molecular weight is 263 g/mol. The minimum absolute atomic E-state index is 0.152. The van der Waals surface area contributed by atoms with E-state index in [9.17, 15) is 4.79 Å². The van der Waals surface area contributed by atoms with Gasteiger partial charge in [-0.25, -0.2) is 0 Å². The molecule has 0 saturated heterocycles. The van der Waals surface area contributed by atoms with Gasteiger partial charge < -0.3 is 9.84 Å². The standard InChI is InChI=1S/C12H13N3O2S/c1-8-14-11(15-17-8)6-7-13-12(16)9-4-2-3-5-10(9)18/h2-5,18H,6-7H2,1H3,(H,13,16). The average Bonchev–Trinajstić information content (AvgIpc) is 2.75. The van der Waals surface area contributed by atoms with E-state index in [2.05, 4.69) is 28.1 Å². The molecule has 0 aliphatic rings. The van der Waals surface area contributed by atoms with Crippen LogP contribution in [0, 0.1) is 6.92 Å². The molecule has 1 aromatic carbocycles. The molecule has 6 heteroatoms. The van der Waals surface area contributed by atoms with Crippen LogP contribution in [0.2, 0.25) is 0 Å². The summed E-state index contributed by atoms with van der Waals surface area (Å²) in [5, 5.41) is 6.54. The van der Waals surface area contributed by atoms with Crippen molar-refractivity contribution in [2.75, 3.05) is 6.54 Å². The molecule has 0 atom stereocenters. The number of aromatic nitrogens is 2. The van der Waals surface area contributed by atoms with Crippen molar-refractivity contribution in [1.29, 1.82) is 0 Å². The van der Waals surface area contributed by atoms with Gasteiger partial charge in [-0.2, -0.15) is 4.98 Å². The van der Waals surface area contributed by atoms with Gasteiger partial charge in [-0.05, 0) is 12.1 Å². The van der Waals surface area contributed by atoms with Crippen LogP contribution < -0.4 is 5.32 Å². The van der Waals surface area contributed by atoms with Gasteiger partial charge in [-0.15, -0.1) is 12.6 Å². The van der Waals surface area contributed by atoms with E-state index in [1.807, 2.05) is 6.07 Å². The van der Waals surface area contributed by atoms with Gasteiger partial charge in [0.1, 0.15) is 0 Å². The summed E-state index contributed by atoms with van der Waals surface area (Å²) in [7, 11) is 0. The molecule has 1 heterocycles. The predicted octanol–water partition coefficient (Wildman–Crippen LogP) is 1.64. The molecule has 2 aromatic rings. The zero-order valence-electron chi connectivity index (χ0n) is 9.88. The third-order valence-electron chi connectivity index (χ3n) is 2.35. The Hall–Kier alpha value is -1.82. The fourth-order valence-electron chi connectivity index (χ4n) is 1.49. The lowest BCUT2D eigenvalue weighted by molar-refractivity contribution is 0.0951. The Bertz CT molecular complexity index is 554. The Morgan fingerprint density at radius 1 is 1.44 bits per heavy atom. The molecule has 0 saturated carbocycles. The maximum atomic E-state index is 11.8. The summed E-state index contributed by atoms with van der Waals surface area (Å²) >= 11 is 4.23. The van der Waals surface area contributed by atoms with Crippen LogP contribution in [0.25, 0.3) is 0 Å². The third-order valence-corrected chi connectivity index (χ3v) is 2.74. The number of hydrogen-bond acceptors (Lipinski definition) is 5. The van der Waals surface area contributed by atoms with Crippen LogP contribution in [-0.4, -0.2) is 22.6 Å². The highest BCUT2D eigenvalue weighted by Gasteiger charge is 2.08. The Balaban J connectivity index is 1.87. The number of rotatable bonds is 4. The van der Waals surface area contributed by atoms with E-state index in [1.54, 1.807) is 25.1 Å². The molecule has 0 aliphatic heterocycles. The number of nitrogens with zero attached hydrogens (tertiary/aromatic N) is 2. The highest BCUT2D eigenvalue weighted by molar-refractivity contribution is 7.80. The van der Waals surface area contributed by atoms with Gasteiger partial charge in [0.05, 0.1) is 5.56 Å². The third kappa shape index (κ3) is 3.10. The molecule has 2 rings (SSSR count). The van der Waals surface area contributed by atoms with Crippen molar-refractivity contribution in [3.63, 3.8) is 0 Å². The van der Waals surface area contributed by atoms with Crippen LogP contribution in [0.1, 0.15) is 22.1 Å². The first kappa shape index (κ1) is 12.6. The lowest BCUT2D eigenvalue weighted by Crippen LogP contribution is -2.26. The van der Waals surface area contributed by atoms with E-state index in [4.69, 9.17) is 4.52 Å². The second-order valence-corrected chi connectivity index (χ2v) is 4.23. The lowest BCUT2D eigenvalue weighted by Gasteiger charge is -2.05. The van der Waals surface area contributed by atoms with Gasteiger partial charge in [0.25, 0.3) is 5.91 Å². The summed E-state index contributed by atoms with van der Waals surface area (Å²) < 4.78 is 4.84. The Labute approximate surface area is 110 Å². The maximum absolute atomic E-state index is 11.8. The van der Waals surface area contributed by atoms with Crippen molar-refractivity contribution in [2.24, 2.45) is 0 Å². The van der Waals surface area contributed by atoms with E-state index < -0.39 is 0 Å². The van der Waals surface area contributed by atoms with Gasteiger partial charge in [-0.3, -0.25) is 4.79 Å². The van der Waals surface area contributed by atoms with Gasteiger partial charge in [0.2, 0.25) is 5.89 Å². The quantitative estimate of drug-likeness (QED) is 0.823. The largest absolute Gasteiger partial charge is 0.352 e. The molecular formula is C12H13N3O2S. The minimum atomic E-state index is -0.152. The van der Waals surface area contributed by atoms with Gasteiger partial charge in [-0.1, -0.05) is 17.3 Å². The molecule has 0 spiro atoms. The summed E-state index contributed by atoms with van der Waals surface area (Å²) in [4.78, 5) is 16.5. The van der Waals surface area contributed by atoms with Crippen LogP contribution in [0.5, 0.6) is 0 Å². The highest BCUT2D eigenvalue weighted by Crippen LogP contribution is 2.12. The SMILES string of the molecule is Cc1nc(CCNC(=O)c2ccccc2S)no1. The Morgan fingerprint density at radius 3 is 2.89 bits per heavy atom. The van der Waals surface area contributed by atoms with Gasteiger partial charge >= 0.3 is 0 Å². The zero-order chi connectivity index (χ0) is 13.0. The maximum Gasteiger partial charge on any atom is 0.252 e. The fourth-order valence-corrected chi connectivity index (χ4v) is 1.75. The zero-order valence-corrected chi connectivity index (χ0v) is 10.8. The summed E-state index contributed by atoms with van der Waals surface area (Å²) in [5.74, 6) is 0.963. The van der Waals surface area contributed by atoms with Crippen LogP contribution >= 0.6 is 12.6 Å². The number of aryl methyl sites for hydroxylation is 1. The van der Waals surface area contributed by atoms with Crippen molar-refractivity contribution in [1.82, 2.24) is 15.5 Å². The molecule has 18 heavy (non-hydrogen) atoms. The smallest absolute Gasteiger partial charge is 0.252 e. The first-order chi connectivity index (χ1) is 8.66. The number of thiol groups is 1. The minimum Gasteiger partial charge on any atom is -0.352 e. The second kappa shape index (κ2) is 5.68. The van der Waals surface area contributed by atoms with Crippen LogP contribution in [-0.2, 0) is 6.42 Å². The van der Waals surface area contributed by atoms with Crippen molar-refractivity contribution in [3.8, 4) is 0 Å². The molecular weight excluding hydrogens is 250 g/mol. The molecule has 1 N–H and O–H groups in total. The Kier molecular flexibility index (Phi) is 3.99. The first-order valence-electron chi connectivity index (χ1n) is 5.52. The second-order valence-electron chi connectivity index (χ2n) is 3.75. The van der Waals surface area contributed by atoms with E-state index in [0.29, 0.717) is 35.1 Å². The van der Waals surface area contributed by atoms with Crippen LogP contribution in [0.3, 0.4) is 0 Å².